The number of rotatable bonds is 2. The Morgan fingerprint density at radius 2 is 1.30 bits per heavy atom. The molecule has 140 valence electrons. The average molecular weight is 389 g/mol. The average Bonchev–Trinajstić information content (AvgIpc) is 2.60. The first-order chi connectivity index (χ1) is 12.6. The predicted molar refractivity (Wildman–Crippen MR) is 106 cm³/mol. The van der Waals surface area contributed by atoms with E-state index in [1.165, 1.54) is 17.7 Å². The van der Waals surface area contributed by atoms with Crippen LogP contribution >= 0.6 is 11.6 Å². The molecule has 3 rings (SSSR count). The van der Waals surface area contributed by atoms with Crippen LogP contribution in [0.3, 0.4) is 0 Å². The molecule has 0 unspecified atom stereocenters. The largest absolute Gasteiger partial charge is 0.417 e. The highest BCUT2D eigenvalue weighted by Gasteiger charge is 2.33. The molecular formula is C23H20ClF3. The van der Waals surface area contributed by atoms with Gasteiger partial charge in [0.25, 0.3) is 0 Å². The fourth-order valence-electron chi connectivity index (χ4n) is 3.06. The van der Waals surface area contributed by atoms with Gasteiger partial charge in [-0.2, -0.15) is 13.2 Å². The number of alkyl halides is 3. The summed E-state index contributed by atoms with van der Waals surface area (Å²) >= 11 is 6.24. The van der Waals surface area contributed by atoms with Crippen LogP contribution in [0, 0.1) is 0 Å². The summed E-state index contributed by atoms with van der Waals surface area (Å²) in [5.74, 6) is 0. The summed E-state index contributed by atoms with van der Waals surface area (Å²) in [7, 11) is 0. The molecule has 27 heavy (non-hydrogen) atoms. The summed E-state index contributed by atoms with van der Waals surface area (Å²) in [5, 5.41) is 0.402. The maximum Gasteiger partial charge on any atom is 0.417 e. The van der Waals surface area contributed by atoms with Crippen molar-refractivity contribution in [3.8, 4) is 22.3 Å². The molecule has 4 heteroatoms. The third-order valence-corrected chi connectivity index (χ3v) is 4.74. The van der Waals surface area contributed by atoms with Crippen LogP contribution in [0.15, 0.2) is 66.7 Å². The van der Waals surface area contributed by atoms with E-state index in [2.05, 4.69) is 20.8 Å². The van der Waals surface area contributed by atoms with Crippen molar-refractivity contribution in [2.75, 3.05) is 0 Å². The molecule has 0 nitrogen and oxygen atoms in total. The first-order valence-electron chi connectivity index (χ1n) is 8.64. The summed E-state index contributed by atoms with van der Waals surface area (Å²) in [6.07, 6.45) is -4.42. The van der Waals surface area contributed by atoms with Gasteiger partial charge in [0.05, 0.1) is 5.56 Å². The second-order valence-electron chi connectivity index (χ2n) is 7.60. The Balaban J connectivity index is 2.09. The van der Waals surface area contributed by atoms with Crippen LogP contribution in [0.5, 0.6) is 0 Å². The third kappa shape index (κ3) is 4.36. The molecule has 0 aromatic heterocycles. The molecule has 0 amide bonds. The van der Waals surface area contributed by atoms with Crippen molar-refractivity contribution in [3.63, 3.8) is 0 Å². The summed E-state index contributed by atoms with van der Waals surface area (Å²) in [6.45, 7) is 6.40. The van der Waals surface area contributed by atoms with Crippen molar-refractivity contribution in [2.45, 2.75) is 32.4 Å². The fraction of sp³-hybridized carbons (Fsp3) is 0.217. The van der Waals surface area contributed by atoms with Gasteiger partial charge < -0.3 is 0 Å². The Morgan fingerprint density at radius 3 is 1.89 bits per heavy atom. The molecule has 0 fully saturated rings. The highest BCUT2D eigenvalue weighted by molar-refractivity contribution is 6.31. The second kappa shape index (κ2) is 7.05. The van der Waals surface area contributed by atoms with Crippen LogP contribution in [0.2, 0.25) is 5.02 Å². The predicted octanol–water partition coefficient (Wildman–Crippen LogP) is 7.99. The highest BCUT2D eigenvalue weighted by atomic mass is 35.5. The molecule has 0 atom stereocenters. The molecule has 0 radical (unpaired) electrons. The van der Waals surface area contributed by atoms with Gasteiger partial charge in [0.15, 0.2) is 0 Å². The third-order valence-electron chi connectivity index (χ3n) is 4.53. The van der Waals surface area contributed by atoms with E-state index < -0.39 is 11.7 Å². The SMILES string of the molecule is CC(C)(C)c1ccc(-c2cc(Cl)cc(-c3ccccc3C(F)(F)F)c2)cc1. The van der Waals surface area contributed by atoms with Gasteiger partial charge in [-0.25, -0.2) is 0 Å². The number of hydrogen-bond donors (Lipinski definition) is 0. The van der Waals surface area contributed by atoms with Crippen LogP contribution in [-0.2, 0) is 11.6 Å². The Morgan fingerprint density at radius 1 is 0.704 bits per heavy atom. The van der Waals surface area contributed by atoms with E-state index >= 15 is 0 Å². The van der Waals surface area contributed by atoms with Crippen LogP contribution in [0.4, 0.5) is 13.2 Å². The topological polar surface area (TPSA) is 0 Å². The molecule has 3 aromatic carbocycles. The van der Waals surface area contributed by atoms with Gasteiger partial charge in [-0.15, -0.1) is 0 Å². The van der Waals surface area contributed by atoms with Crippen molar-refractivity contribution in [1.29, 1.82) is 0 Å². The van der Waals surface area contributed by atoms with Crippen molar-refractivity contribution < 1.29 is 13.2 Å². The minimum Gasteiger partial charge on any atom is -0.166 e. The summed E-state index contributed by atoms with van der Waals surface area (Å²) in [5.41, 5.74) is 2.83. The Hall–Kier alpha value is -2.26. The maximum atomic E-state index is 13.4. The quantitative estimate of drug-likeness (QED) is 0.417. The zero-order valence-electron chi connectivity index (χ0n) is 15.4. The second-order valence-corrected chi connectivity index (χ2v) is 8.04. The molecule has 0 spiro atoms. The maximum absolute atomic E-state index is 13.4. The van der Waals surface area contributed by atoms with Gasteiger partial charge in [0.2, 0.25) is 0 Å². The Bertz CT molecular complexity index is 949. The van der Waals surface area contributed by atoms with Gasteiger partial charge in [-0.05, 0) is 57.5 Å². The van der Waals surface area contributed by atoms with Gasteiger partial charge in [-0.3, -0.25) is 0 Å². The van der Waals surface area contributed by atoms with Crippen molar-refractivity contribution in [3.05, 3.63) is 82.9 Å². The summed E-state index contributed by atoms with van der Waals surface area (Å²) in [4.78, 5) is 0. The minimum absolute atomic E-state index is 0.0314. The van der Waals surface area contributed by atoms with E-state index in [9.17, 15) is 13.2 Å². The van der Waals surface area contributed by atoms with Gasteiger partial charge in [0, 0.05) is 5.02 Å². The lowest BCUT2D eigenvalue weighted by Gasteiger charge is -2.19. The van der Waals surface area contributed by atoms with Crippen molar-refractivity contribution in [1.82, 2.24) is 0 Å². The van der Waals surface area contributed by atoms with Crippen LogP contribution in [0.1, 0.15) is 31.9 Å². The van der Waals surface area contributed by atoms with E-state index in [1.54, 1.807) is 24.3 Å². The lowest BCUT2D eigenvalue weighted by Crippen LogP contribution is -2.10. The van der Waals surface area contributed by atoms with Crippen molar-refractivity contribution in [2.24, 2.45) is 0 Å². The molecule has 0 N–H and O–H groups in total. The van der Waals surface area contributed by atoms with Crippen molar-refractivity contribution >= 4 is 11.6 Å². The number of hydrogen-bond acceptors (Lipinski definition) is 0. The number of benzene rings is 3. The van der Waals surface area contributed by atoms with Crippen LogP contribution in [0.25, 0.3) is 22.3 Å². The van der Waals surface area contributed by atoms with Crippen LogP contribution in [-0.4, -0.2) is 0 Å². The smallest absolute Gasteiger partial charge is 0.166 e. The first kappa shape index (κ1) is 19.5. The Kier molecular flexibility index (Phi) is 5.09. The van der Waals surface area contributed by atoms with E-state index in [0.29, 0.717) is 10.6 Å². The lowest BCUT2D eigenvalue weighted by molar-refractivity contribution is -0.137. The molecule has 0 aliphatic heterocycles. The first-order valence-corrected chi connectivity index (χ1v) is 9.01. The van der Waals surface area contributed by atoms with E-state index in [0.717, 1.165) is 17.2 Å². The monoisotopic (exact) mass is 388 g/mol. The highest BCUT2D eigenvalue weighted by Crippen LogP contribution is 2.39. The summed E-state index contributed by atoms with van der Waals surface area (Å²) in [6, 6.07) is 18.7. The molecule has 0 saturated carbocycles. The normalized spacial score (nSPS) is 12.3. The van der Waals surface area contributed by atoms with E-state index in [4.69, 9.17) is 11.6 Å². The van der Waals surface area contributed by atoms with Gasteiger partial charge in [-0.1, -0.05) is 74.8 Å². The summed E-state index contributed by atoms with van der Waals surface area (Å²) < 4.78 is 40.1. The molecule has 3 aromatic rings. The molecule has 0 bridgehead atoms. The van der Waals surface area contributed by atoms with Gasteiger partial charge >= 0.3 is 6.18 Å². The Labute approximate surface area is 162 Å². The molecular weight excluding hydrogens is 369 g/mol. The van der Waals surface area contributed by atoms with Crippen LogP contribution < -0.4 is 0 Å². The lowest BCUT2D eigenvalue weighted by atomic mass is 9.86. The fourth-order valence-corrected chi connectivity index (χ4v) is 3.29. The number of halogens is 4. The zero-order valence-corrected chi connectivity index (χ0v) is 16.1. The minimum atomic E-state index is -4.42. The zero-order chi connectivity index (χ0) is 19.8. The molecule has 0 saturated heterocycles. The molecule has 0 aliphatic rings. The molecule has 0 aliphatic carbocycles. The molecule has 0 heterocycles. The van der Waals surface area contributed by atoms with Gasteiger partial charge in [0.1, 0.15) is 0 Å². The van der Waals surface area contributed by atoms with E-state index in [-0.39, 0.29) is 11.0 Å². The van der Waals surface area contributed by atoms with E-state index in [1.807, 2.05) is 24.3 Å². The standard InChI is InChI=1S/C23H20ClF3/c1-22(2,3)18-10-8-15(9-11-18)16-12-17(14-19(24)13-16)20-6-4-5-7-21(20)23(25,26)27/h4-14H,1-3H3.